The number of fused-ring (bicyclic) bond motifs is 1. The second-order valence-corrected chi connectivity index (χ2v) is 5.94. The summed E-state index contributed by atoms with van der Waals surface area (Å²) in [4.78, 5) is 12.4. The fraction of sp³-hybridized carbons (Fsp3) is 0.105. The van der Waals surface area contributed by atoms with E-state index >= 15 is 0 Å². The van der Waals surface area contributed by atoms with Gasteiger partial charge in [-0.25, -0.2) is 4.79 Å². The third kappa shape index (κ3) is 3.21. The molecule has 0 heterocycles. The first-order valence-electron chi connectivity index (χ1n) is 7.25. The van der Waals surface area contributed by atoms with E-state index in [0.29, 0.717) is 22.8 Å². The summed E-state index contributed by atoms with van der Waals surface area (Å²) in [7, 11) is 3.07. The zero-order valence-corrected chi connectivity index (χ0v) is 14.8. The van der Waals surface area contributed by atoms with E-state index in [1.165, 1.54) is 7.11 Å². The molecule has 5 heteroatoms. The summed E-state index contributed by atoms with van der Waals surface area (Å²) in [5, 5.41) is 2.05. The van der Waals surface area contributed by atoms with Crippen molar-refractivity contribution in [3.8, 4) is 17.2 Å². The summed E-state index contributed by atoms with van der Waals surface area (Å²) in [5.74, 6) is 1.07. The first-order chi connectivity index (χ1) is 11.6. The van der Waals surface area contributed by atoms with Crippen LogP contribution >= 0.6 is 15.9 Å². The van der Waals surface area contributed by atoms with Crippen LogP contribution in [0, 0.1) is 0 Å². The number of ether oxygens (including phenoxy) is 3. The Hall–Kier alpha value is -2.53. The standard InChI is InChI=1S/C19H15BrO4/c1-22-17-9-6-13(11-18(17)23-2)19(21)24-14-7-8-15-12(10-14)4-3-5-16(15)20/h3-11H,1-2H3. The summed E-state index contributed by atoms with van der Waals surface area (Å²) in [6.07, 6.45) is 0. The molecule has 0 atom stereocenters. The predicted octanol–water partition coefficient (Wildman–Crippen LogP) is 4.84. The lowest BCUT2D eigenvalue weighted by atomic mass is 10.1. The summed E-state index contributed by atoms with van der Waals surface area (Å²) < 4.78 is 16.8. The molecule has 0 saturated heterocycles. The largest absolute Gasteiger partial charge is 0.493 e. The van der Waals surface area contributed by atoms with Crippen molar-refractivity contribution in [2.24, 2.45) is 0 Å². The zero-order chi connectivity index (χ0) is 17.1. The van der Waals surface area contributed by atoms with E-state index in [2.05, 4.69) is 15.9 Å². The van der Waals surface area contributed by atoms with E-state index in [-0.39, 0.29) is 0 Å². The molecule has 0 amide bonds. The van der Waals surface area contributed by atoms with Crippen LogP contribution in [0.3, 0.4) is 0 Å². The van der Waals surface area contributed by atoms with Gasteiger partial charge in [-0.1, -0.05) is 28.1 Å². The maximum Gasteiger partial charge on any atom is 0.343 e. The number of rotatable bonds is 4. The maximum absolute atomic E-state index is 12.4. The molecule has 0 aliphatic heterocycles. The van der Waals surface area contributed by atoms with Gasteiger partial charge < -0.3 is 14.2 Å². The zero-order valence-electron chi connectivity index (χ0n) is 13.2. The van der Waals surface area contributed by atoms with Crippen molar-refractivity contribution in [2.75, 3.05) is 14.2 Å². The first kappa shape index (κ1) is 16.3. The minimum atomic E-state index is -0.453. The van der Waals surface area contributed by atoms with E-state index < -0.39 is 5.97 Å². The maximum atomic E-state index is 12.4. The van der Waals surface area contributed by atoms with Crippen LogP contribution in [0.2, 0.25) is 0 Å². The average molecular weight is 387 g/mol. The Morgan fingerprint density at radius 1 is 0.917 bits per heavy atom. The Labute approximate surface area is 148 Å². The number of hydrogen-bond donors (Lipinski definition) is 0. The molecule has 0 aliphatic carbocycles. The van der Waals surface area contributed by atoms with Gasteiger partial charge in [0.1, 0.15) is 5.75 Å². The number of carbonyl (C=O) groups is 1. The molecule has 0 bridgehead atoms. The molecule has 0 fully saturated rings. The lowest BCUT2D eigenvalue weighted by molar-refractivity contribution is 0.0734. The van der Waals surface area contributed by atoms with Crippen LogP contribution in [0.15, 0.2) is 59.1 Å². The molecule has 0 radical (unpaired) electrons. The first-order valence-corrected chi connectivity index (χ1v) is 8.04. The van der Waals surface area contributed by atoms with Crippen molar-refractivity contribution in [2.45, 2.75) is 0 Å². The monoisotopic (exact) mass is 386 g/mol. The highest BCUT2D eigenvalue weighted by Gasteiger charge is 2.13. The molecule has 0 aromatic heterocycles. The summed E-state index contributed by atoms with van der Waals surface area (Å²) in [5.41, 5.74) is 0.391. The predicted molar refractivity (Wildman–Crippen MR) is 96.2 cm³/mol. The van der Waals surface area contributed by atoms with E-state index in [4.69, 9.17) is 14.2 Å². The molecule has 24 heavy (non-hydrogen) atoms. The van der Waals surface area contributed by atoms with Crippen molar-refractivity contribution in [1.29, 1.82) is 0 Å². The van der Waals surface area contributed by atoms with Gasteiger partial charge in [-0.05, 0) is 53.2 Å². The number of benzene rings is 3. The normalized spacial score (nSPS) is 10.5. The van der Waals surface area contributed by atoms with Crippen LogP contribution in [0.25, 0.3) is 10.8 Å². The van der Waals surface area contributed by atoms with E-state index in [1.54, 1.807) is 31.4 Å². The molecular formula is C19H15BrO4. The van der Waals surface area contributed by atoms with Gasteiger partial charge >= 0.3 is 5.97 Å². The number of esters is 1. The second kappa shape index (κ2) is 6.93. The van der Waals surface area contributed by atoms with E-state index in [1.807, 2.05) is 30.3 Å². The Morgan fingerprint density at radius 3 is 2.46 bits per heavy atom. The minimum absolute atomic E-state index is 0.391. The second-order valence-electron chi connectivity index (χ2n) is 5.08. The smallest absolute Gasteiger partial charge is 0.343 e. The molecule has 0 unspecified atom stereocenters. The molecule has 0 aliphatic rings. The summed E-state index contributed by atoms with van der Waals surface area (Å²) in [6.45, 7) is 0. The molecule has 0 saturated carbocycles. The van der Waals surface area contributed by atoms with Gasteiger partial charge in [0.05, 0.1) is 19.8 Å². The van der Waals surface area contributed by atoms with Crippen molar-refractivity contribution in [1.82, 2.24) is 0 Å². The van der Waals surface area contributed by atoms with Crippen LogP contribution in [-0.2, 0) is 0 Å². The molecule has 3 aromatic carbocycles. The van der Waals surface area contributed by atoms with Gasteiger partial charge in [0, 0.05) is 4.47 Å². The Balaban J connectivity index is 1.87. The van der Waals surface area contributed by atoms with Crippen LogP contribution in [0.4, 0.5) is 0 Å². The lowest BCUT2D eigenvalue weighted by Crippen LogP contribution is -2.08. The fourth-order valence-electron chi connectivity index (χ4n) is 2.41. The van der Waals surface area contributed by atoms with Crippen LogP contribution in [0.5, 0.6) is 17.2 Å². The van der Waals surface area contributed by atoms with Gasteiger partial charge in [-0.15, -0.1) is 0 Å². The molecular weight excluding hydrogens is 372 g/mol. The van der Waals surface area contributed by atoms with Gasteiger partial charge in [0.2, 0.25) is 0 Å². The SMILES string of the molecule is COc1ccc(C(=O)Oc2ccc3c(Br)cccc3c2)cc1OC. The van der Waals surface area contributed by atoms with Crippen molar-refractivity contribution in [3.63, 3.8) is 0 Å². The summed E-state index contributed by atoms with van der Waals surface area (Å²) in [6, 6.07) is 16.3. The molecule has 0 spiro atoms. The molecule has 0 N–H and O–H groups in total. The Kier molecular flexibility index (Phi) is 4.71. The highest BCUT2D eigenvalue weighted by molar-refractivity contribution is 9.10. The van der Waals surface area contributed by atoms with Gasteiger partial charge in [-0.3, -0.25) is 0 Å². The highest BCUT2D eigenvalue weighted by Crippen LogP contribution is 2.30. The third-order valence-corrected chi connectivity index (χ3v) is 4.32. The molecule has 122 valence electrons. The molecule has 3 aromatic rings. The Morgan fingerprint density at radius 2 is 1.71 bits per heavy atom. The fourth-order valence-corrected chi connectivity index (χ4v) is 2.93. The quantitative estimate of drug-likeness (QED) is 0.475. The van der Waals surface area contributed by atoms with Gasteiger partial charge in [0.15, 0.2) is 11.5 Å². The van der Waals surface area contributed by atoms with Gasteiger partial charge in [-0.2, -0.15) is 0 Å². The molecule has 4 nitrogen and oxygen atoms in total. The number of hydrogen-bond acceptors (Lipinski definition) is 4. The van der Waals surface area contributed by atoms with Crippen molar-refractivity contribution in [3.05, 3.63) is 64.6 Å². The number of halogens is 1. The van der Waals surface area contributed by atoms with Crippen molar-refractivity contribution >= 4 is 32.7 Å². The van der Waals surface area contributed by atoms with E-state index in [9.17, 15) is 4.79 Å². The van der Waals surface area contributed by atoms with Crippen LogP contribution < -0.4 is 14.2 Å². The number of carbonyl (C=O) groups excluding carboxylic acids is 1. The summed E-state index contributed by atoms with van der Waals surface area (Å²) >= 11 is 3.50. The third-order valence-electron chi connectivity index (χ3n) is 3.63. The lowest BCUT2D eigenvalue weighted by Gasteiger charge is -2.10. The van der Waals surface area contributed by atoms with E-state index in [0.717, 1.165) is 15.2 Å². The Bertz CT molecular complexity index is 905. The van der Waals surface area contributed by atoms with Gasteiger partial charge in [0.25, 0.3) is 0 Å². The van der Waals surface area contributed by atoms with Crippen LogP contribution in [-0.4, -0.2) is 20.2 Å². The van der Waals surface area contributed by atoms with Crippen LogP contribution in [0.1, 0.15) is 10.4 Å². The number of methoxy groups -OCH3 is 2. The van der Waals surface area contributed by atoms with Crippen molar-refractivity contribution < 1.29 is 19.0 Å². The highest BCUT2D eigenvalue weighted by atomic mass is 79.9. The molecule has 3 rings (SSSR count). The average Bonchev–Trinajstić information content (AvgIpc) is 2.61. The minimum Gasteiger partial charge on any atom is -0.493 e. The topological polar surface area (TPSA) is 44.8 Å².